The number of ether oxygens (including phenoxy) is 2. The molecule has 2 aromatic heterocycles. The molecule has 0 aliphatic carbocycles. The van der Waals surface area contributed by atoms with Gasteiger partial charge in [-0.3, -0.25) is 9.36 Å². The summed E-state index contributed by atoms with van der Waals surface area (Å²) in [5, 5.41) is 8.76. The Balaban J connectivity index is 1.88. The molecule has 6 heteroatoms. The lowest BCUT2D eigenvalue weighted by Gasteiger charge is -2.34. The van der Waals surface area contributed by atoms with Gasteiger partial charge in [0.1, 0.15) is 0 Å². The van der Waals surface area contributed by atoms with Gasteiger partial charge in [-0.15, -0.1) is 0 Å². The van der Waals surface area contributed by atoms with Crippen molar-refractivity contribution in [2.24, 2.45) is 11.3 Å². The van der Waals surface area contributed by atoms with Gasteiger partial charge in [-0.05, 0) is 29.9 Å². The topological polar surface area (TPSA) is 54.1 Å². The first-order valence-electron chi connectivity index (χ1n) is 9.00. The Bertz CT molecular complexity index is 579. The molecule has 25 heavy (non-hydrogen) atoms. The van der Waals surface area contributed by atoms with Crippen LogP contribution < -0.4 is 0 Å². The van der Waals surface area contributed by atoms with Crippen molar-refractivity contribution in [1.82, 2.24) is 19.6 Å². The van der Waals surface area contributed by atoms with Crippen LogP contribution in [0, 0.1) is 11.3 Å². The lowest BCUT2D eigenvalue weighted by Crippen LogP contribution is -2.32. The molecular formula is C19H32N4O2. The first-order chi connectivity index (χ1) is 12.0. The number of hydrogen-bond acceptors (Lipinski definition) is 4. The molecule has 0 amide bonds. The summed E-state index contributed by atoms with van der Waals surface area (Å²) in [5.41, 5.74) is 0.0149. The molecule has 6 nitrogen and oxygen atoms in total. The molecule has 0 unspecified atom stereocenters. The fraction of sp³-hybridized carbons (Fsp3) is 0.684. The van der Waals surface area contributed by atoms with Crippen LogP contribution in [0.1, 0.15) is 46.2 Å². The van der Waals surface area contributed by atoms with Crippen molar-refractivity contribution in [2.45, 2.75) is 46.2 Å². The largest absolute Gasteiger partial charge is 0.382 e. The molecule has 2 atom stereocenters. The fourth-order valence-corrected chi connectivity index (χ4v) is 3.04. The van der Waals surface area contributed by atoms with E-state index >= 15 is 0 Å². The average molecular weight is 348 g/mol. The fourth-order valence-electron chi connectivity index (χ4n) is 3.04. The van der Waals surface area contributed by atoms with Crippen LogP contribution in [0.4, 0.5) is 0 Å². The lowest BCUT2D eigenvalue weighted by molar-refractivity contribution is 0.0291. The molecule has 0 aromatic carbocycles. The van der Waals surface area contributed by atoms with Gasteiger partial charge in [-0.1, -0.05) is 27.7 Å². The van der Waals surface area contributed by atoms with Crippen molar-refractivity contribution in [3.63, 3.8) is 0 Å². The van der Waals surface area contributed by atoms with Crippen LogP contribution in [0.2, 0.25) is 0 Å². The van der Waals surface area contributed by atoms with E-state index in [0.29, 0.717) is 25.7 Å². The van der Waals surface area contributed by atoms with E-state index in [2.05, 4.69) is 37.9 Å². The summed E-state index contributed by atoms with van der Waals surface area (Å²) in [6.07, 6.45) is 8.57. The Morgan fingerprint density at radius 1 is 1.00 bits per heavy atom. The van der Waals surface area contributed by atoms with Crippen LogP contribution in [0.25, 0.3) is 0 Å². The zero-order valence-corrected chi connectivity index (χ0v) is 16.1. The van der Waals surface area contributed by atoms with Crippen molar-refractivity contribution in [3.8, 4) is 0 Å². The first kappa shape index (κ1) is 19.7. The van der Waals surface area contributed by atoms with Crippen molar-refractivity contribution < 1.29 is 9.47 Å². The summed E-state index contributed by atoms with van der Waals surface area (Å²) in [6.45, 7) is 10.9. The Hall–Kier alpha value is -1.66. The molecule has 2 heterocycles. The van der Waals surface area contributed by atoms with Crippen molar-refractivity contribution in [2.75, 3.05) is 26.9 Å². The molecule has 0 spiro atoms. The second kappa shape index (κ2) is 9.15. The molecule has 0 radical (unpaired) electrons. The molecule has 0 N–H and O–H groups in total. The number of nitrogens with zero attached hydrogens (tertiary/aromatic N) is 4. The van der Waals surface area contributed by atoms with E-state index in [1.807, 2.05) is 46.3 Å². The van der Waals surface area contributed by atoms with Crippen LogP contribution >= 0.6 is 0 Å². The second-order valence-electron chi connectivity index (χ2n) is 7.57. The van der Waals surface area contributed by atoms with Crippen LogP contribution in [0.5, 0.6) is 0 Å². The Labute approximate surface area is 151 Å². The number of hydrogen-bond donors (Lipinski definition) is 0. The third-order valence-electron chi connectivity index (χ3n) is 4.88. The van der Waals surface area contributed by atoms with Gasteiger partial charge in [0.2, 0.25) is 0 Å². The first-order valence-corrected chi connectivity index (χ1v) is 9.00. The Kier molecular flexibility index (Phi) is 7.20. The van der Waals surface area contributed by atoms with E-state index in [0.717, 1.165) is 6.42 Å². The van der Waals surface area contributed by atoms with Crippen molar-refractivity contribution in [3.05, 3.63) is 36.9 Å². The minimum absolute atomic E-state index is 0.0149. The molecular weight excluding hydrogens is 316 g/mol. The molecule has 0 fully saturated rings. The highest BCUT2D eigenvalue weighted by molar-refractivity contribution is 4.88. The number of methoxy groups -OCH3 is 1. The maximum atomic E-state index is 6.03. The quantitative estimate of drug-likeness (QED) is 0.582. The van der Waals surface area contributed by atoms with Crippen LogP contribution in [-0.4, -0.2) is 46.5 Å². The summed E-state index contributed by atoms with van der Waals surface area (Å²) < 4.78 is 15.4. The number of aromatic nitrogens is 4. The van der Waals surface area contributed by atoms with Crippen LogP contribution in [0.15, 0.2) is 36.9 Å². The molecule has 0 saturated heterocycles. The van der Waals surface area contributed by atoms with Gasteiger partial charge in [0, 0.05) is 38.5 Å². The minimum atomic E-state index is 0.0149. The summed E-state index contributed by atoms with van der Waals surface area (Å²) in [4.78, 5) is 0. The van der Waals surface area contributed by atoms with Gasteiger partial charge in [-0.2, -0.15) is 10.2 Å². The standard InChI is InChI=1S/C19H32N4O2/c1-16(2)17(22-11-6-9-20-22)14-25-13-8-19(3,4)18(15-24-5)23-12-7-10-21-23/h6-7,9-12,16-18H,8,13-15H2,1-5H3/t17-,18+/m1/s1. The zero-order chi connectivity index (χ0) is 18.3. The highest BCUT2D eigenvalue weighted by atomic mass is 16.5. The normalized spacial score (nSPS) is 14.8. The number of rotatable bonds is 11. The maximum absolute atomic E-state index is 6.03. The zero-order valence-electron chi connectivity index (χ0n) is 16.1. The second-order valence-corrected chi connectivity index (χ2v) is 7.57. The summed E-state index contributed by atoms with van der Waals surface area (Å²) >= 11 is 0. The van der Waals surface area contributed by atoms with Gasteiger partial charge >= 0.3 is 0 Å². The Morgan fingerprint density at radius 2 is 1.64 bits per heavy atom. The van der Waals surface area contributed by atoms with E-state index in [4.69, 9.17) is 9.47 Å². The van der Waals surface area contributed by atoms with Crippen molar-refractivity contribution >= 4 is 0 Å². The highest BCUT2D eigenvalue weighted by Gasteiger charge is 2.31. The smallest absolute Gasteiger partial charge is 0.0804 e. The van der Waals surface area contributed by atoms with E-state index in [1.165, 1.54) is 0 Å². The third kappa shape index (κ3) is 5.41. The predicted molar refractivity (Wildman–Crippen MR) is 98.5 cm³/mol. The monoisotopic (exact) mass is 348 g/mol. The predicted octanol–water partition coefficient (Wildman–Crippen LogP) is 3.60. The summed E-state index contributed by atoms with van der Waals surface area (Å²) in [7, 11) is 1.74. The van der Waals surface area contributed by atoms with Crippen LogP contribution in [-0.2, 0) is 9.47 Å². The molecule has 2 aromatic rings. The van der Waals surface area contributed by atoms with E-state index in [1.54, 1.807) is 7.11 Å². The van der Waals surface area contributed by atoms with Gasteiger partial charge < -0.3 is 9.47 Å². The maximum Gasteiger partial charge on any atom is 0.0804 e. The molecule has 2 rings (SSSR count). The minimum Gasteiger partial charge on any atom is -0.382 e. The molecule has 140 valence electrons. The van der Waals surface area contributed by atoms with Gasteiger partial charge in [0.05, 0.1) is 25.3 Å². The van der Waals surface area contributed by atoms with Gasteiger partial charge in [0.15, 0.2) is 0 Å². The van der Waals surface area contributed by atoms with E-state index in [-0.39, 0.29) is 17.5 Å². The van der Waals surface area contributed by atoms with Crippen molar-refractivity contribution in [1.29, 1.82) is 0 Å². The van der Waals surface area contributed by atoms with E-state index < -0.39 is 0 Å². The van der Waals surface area contributed by atoms with Gasteiger partial charge in [0.25, 0.3) is 0 Å². The molecule has 0 saturated carbocycles. The lowest BCUT2D eigenvalue weighted by atomic mass is 9.82. The highest BCUT2D eigenvalue weighted by Crippen LogP contribution is 2.34. The molecule has 0 bridgehead atoms. The van der Waals surface area contributed by atoms with Gasteiger partial charge in [-0.25, -0.2) is 0 Å². The third-order valence-corrected chi connectivity index (χ3v) is 4.88. The molecule has 0 aliphatic rings. The molecule has 0 aliphatic heterocycles. The summed E-state index contributed by atoms with van der Waals surface area (Å²) in [6, 6.07) is 4.35. The van der Waals surface area contributed by atoms with E-state index in [9.17, 15) is 0 Å². The average Bonchev–Trinajstić information content (AvgIpc) is 3.25. The Morgan fingerprint density at radius 3 is 2.16 bits per heavy atom. The summed E-state index contributed by atoms with van der Waals surface area (Å²) in [5.74, 6) is 0.471. The SMILES string of the molecule is COC[C@H](n1cccn1)C(C)(C)CCOC[C@H](C(C)C)n1cccn1. The van der Waals surface area contributed by atoms with Crippen LogP contribution in [0.3, 0.4) is 0 Å².